The number of ketones is 1. The van der Waals surface area contributed by atoms with Gasteiger partial charge in [-0.25, -0.2) is 4.39 Å². The fraction of sp³-hybridized carbons (Fsp3) is 0.400. The zero-order valence-corrected chi connectivity index (χ0v) is 16.1. The normalized spacial score (nSPS) is 23.9. The van der Waals surface area contributed by atoms with Crippen LogP contribution >= 0.6 is 24.0 Å². The number of Topliss-reactive ketones (excluding diaryl/α,β-unsaturated/α-hetero) is 1. The number of nitrogens with zero attached hydrogens (tertiary/aromatic N) is 2. The van der Waals surface area contributed by atoms with Gasteiger partial charge in [0.1, 0.15) is 5.82 Å². The van der Waals surface area contributed by atoms with Crippen molar-refractivity contribution >= 4 is 35.8 Å². The Bertz CT molecular complexity index is 817. The molecule has 0 radical (unpaired) electrons. The summed E-state index contributed by atoms with van der Waals surface area (Å²) in [6.45, 7) is 1.37. The predicted molar refractivity (Wildman–Crippen MR) is 106 cm³/mol. The quantitative estimate of drug-likeness (QED) is 0.771. The van der Waals surface area contributed by atoms with E-state index in [0.717, 1.165) is 36.3 Å². The van der Waals surface area contributed by atoms with Gasteiger partial charge in [-0.15, -0.1) is 11.3 Å². The Hall–Kier alpha value is -1.50. The minimum absolute atomic E-state index is 0.0854. The largest absolute Gasteiger partial charge is 0.297 e. The maximum atomic E-state index is 14.5. The number of hydrogen-bond acceptors (Lipinski definition) is 5. The maximum absolute atomic E-state index is 14.5. The van der Waals surface area contributed by atoms with Crippen molar-refractivity contribution in [1.82, 2.24) is 9.88 Å². The molecule has 4 rings (SSSR count). The molecule has 1 aliphatic heterocycles. The molecule has 2 atom stereocenters. The first-order valence-corrected chi connectivity index (χ1v) is 10.3. The molecule has 1 aliphatic carbocycles. The topological polar surface area (TPSA) is 33.2 Å². The molecule has 2 aliphatic rings. The summed E-state index contributed by atoms with van der Waals surface area (Å²) in [7, 11) is 0. The van der Waals surface area contributed by atoms with Crippen LogP contribution in [0.4, 0.5) is 4.39 Å². The van der Waals surface area contributed by atoms with E-state index in [1.165, 1.54) is 6.07 Å². The van der Waals surface area contributed by atoms with E-state index >= 15 is 0 Å². The van der Waals surface area contributed by atoms with Crippen LogP contribution in [0.25, 0.3) is 6.08 Å². The van der Waals surface area contributed by atoms with Crippen LogP contribution in [0.1, 0.15) is 35.7 Å². The van der Waals surface area contributed by atoms with E-state index in [1.807, 2.05) is 12.3 Å². The van der Waals surface area contributed by atoms with Crippen LogP contribution in [0.3, 0.4) is 0 Å². The number of thiol groups is 1. The fourth-order valence-electron chi connectivity index (χ4n) is 3.55. The van der Waals surface area contributed by atoms with E-state index in [2.05, 4.69) is 16.0 Å². The summed E-state index contributed by atoms with van der Waals surface area (Å²) in [6, 6.07) is 6.17. The summed E-state index contributed by atoms with van der Waals surface area (Å²) < 4.78 is 14.5. The van der Waals surface area contributed by atoms with Gasteiger partial charge in [-0.1, -0.05) is 18.2 Å². The Morgan fingerprint density at radius 2 is 2.15 bits per heavy atom. The van der Waals surface area contributed by atoms with Crippen molar-refractivity contribution in [2.75, 3.05) is 13.1 Å². The molecule has 6 heteroatoms. The van der Waals surface area contributed by atoms with Gasteiger partial charge >= 0.3 is 0 Å². The number of carbonyl (C=O) groups is 1. The minimum atomic E-state index is -0.505. The first-order valence-electron chi connectivity index (χ1n) is 8.92. The van der Waals surface area contributed by atoms with Crippen molar-refractivity contribution in [3.63, 3.8) is 0 Å². The zero-order chi connectivity index (χ0) is 18.1. The molecule has 2 unspecified atom stereocenters. The molecular weight excluding hydrogens is 367 g/mol. The standard InChI is InChI=1S/C20H21FN2OS2/c21-17-4-2-1-3-16(17)19(20(24)13-5-6-13)23-8-7-18(25)14(11-23)9-15-10-22-12-26-15/h1-4,9-10,12-13,18-19,25H,5-8,11H2. The first kappa shape index (κ1) is 17.9. The van der Waals surface area contributed by atoms with Gasteiger partial charge in [0.25, 0.3) is 0 Å². The Labute approximate surface area is 162 Å². The second-order valence-corrected chi connectivity index (χ2v) is 8.54. The van der Waals surface area contributed by atoms with Crippen molar-refractivity contribution in [3.8, 4) is 0 Å². The summed E-state index contributed by atoms with van der Waals surface area (Å²) in [6.07, 6.45) is 6.64. The van der Waals surface area contributed by atoms with Crippen LogP contribution in [-0.2, 0) is 4.79 Å². The molecule has 0 bridgehead atoms. The van der Waals surface area contributed by atoms with Crippen molar-refractivity contribution in [1.29, 1.82) is 0 Å². The SMILES string of the molecule is O=C(C1CC1)C(c1ccccc1F)N1CCC(S)C(=Cc2cncs2)C1. The maximum Gasteiger partial charge on any atom is 0.157 e. The number of thiazole rings is 1. The van der Waals surface area contributed by atoms with Gasteiger partial charge in [0.15, 0.2) is 5.78 Å². The van der Waals surface area contributed by atoms with Crippen molar-refractivity contribution < 1.29 is 9.18 Å². The van der Waals surface area contributed by atoms with Gasteiger partial charge in [-0.05, 0) is 37.0 Å². The van der Waals surface area contributed by atoms with Crippen LogP contribution in [0.15, 0.2) is 41.5 Å². The highest BCUT2D eigenvalue weighted by Gasteiger charge is 2.40. The number of rotatable bonds is 5. The molecule has 1 saturated carbocycles. The lowest BCUT2D eigenvalue weighted by Crippen LogP contribution is -2.42. The Morgan fingerprint density at radius 1 is 1.35 bits per heavy atom. The molecule has 3 nitrogen and oxygen atoms in total. The minimum Gasteiger partial charge on any atom is -0.297 e. The average Bonchev–Trinajstić information content (AvgIpc) is 3.37. The molecule has 2 fully saturated rings. The molecule has 0 spiro atoms. The van der Waals surface area contributed by atoms with E-state index in [0.29, 0.717) is 12.1 Å². The zero-order valence-electron chi connectivity index (χ0n) is 14.3. The molecule has 136 valence electrons. The van der Waals surface area contributed by atoms with Crippen LogP contribution in [0.2, 0.25) is 0 Å². The Balaban J connectivity index is 1.65. The number of hydrogen-bond donors (Lipinski definition) is 1. The van der Waals surface area contributed by atoms with Gasteiger partial charge < -0.3 is 0 Å². The Morgan fingerprint density at radius 3 is 2.85 bits per heavy atom. The average molecular weight is 389 g/mol. The number of carbonyl (C=O) groups excluding carboxylic acids is 1. The molecule has 1 aromatic carbocycles. The molecule has 2 heterocycles. The van der Waals surface area contributed by atoms with Crippen molar-refractivity contribution in [2.24, 2.45) is 5.92 Å². The van der Waals surface area contributed by atoms with Crippen LogP contribution in [0, 0.1) is 11.7 Å². The first-order chi connectivity index (χ1) is 12.6. The lowest BCUT2D eigenvalue weighted by molar-refractivity contribution is -0.126. The molecule has 1 aromatic heterocycles. The van der Waals surface area contributed by atoms with Crippen molar-refractivity contribution in [2.45, 2.75) is 30.6 Å². The summed E-state index contributed by atoms with van der Waals surface area (Å²) >= 11 is 6.30. The van der Waals surface area contributed by atoms with Crippen LogP contribution in [-0.4, -0.2) is 34.0 Å². The van der Waals surface area contributed by atoms with Gasteiger partial charge in [-0.2, -0.15) is 12.6 Å². The third-order valence-electron chi connectivity index (χ3n) is 5.10. The number of likely N-dealkylation sites (tertiary alicyclic amines) is 1. The number of benzene rings is 1. The van der Waals surface area contributed by atoms with Crippen LogP contribution in [0.5, 0.6) is 0 Å². The summed E-state index contributed by atoms with van der Waals surface area (Å²) in [5.74, 6) is -0.0559. The smallest absolute Gasteiger partial charge is 0.157 e. The summed E-state index contributed by atoms with van der Waals surface area (Å²) in [4.78, 5) is 20.3. The Kier molecular flexibility index (Phi) is 5.25. The van der Waals surface area contributed by atoms with Gasteiger partial charge in [0.05, 0.1) is 11.6 Å². The highest BCUT2D eigenvalue weighted by atomic mass is 32.1. The highest BCUT2D eigenvalue weighted by molar-refractivity contribution is 7.81. The molecule has 0 N–H and O–H groups in total. The molecule has 26 heavy (non-hydrogen) atoms. The van der Waals surface area contributed by atoms with E-state index in [4.69, 9.17) is 12.6 Å². The number of aromatic nitrogens is 1. The third kappa shape index (κ3) is 3.77. The predicted octanol–water partition coefficient (Wildman–Crippen LogP) is 4.39. The van der Waals surface area contributed by atoms with E-state index in [1.54, 1.807) is 29.0 Å². The second kappa shape index (κ2) is 7.62. The summed E-state index contributed by atoms with van der Waals surface area (Å²) in [5, 5.41) is 0.158. The lowest BCUT2D eigenvalue weighted by Gasteiger charge is -2.37. The molecule has 2 aromatic rings. The number of piperidine rings is 1. The van der Waals surface area contributed by atoms with Gasteiger partial charge in [-0.3, -0.25) is 14.7 Å². The molecule has 0 amide bonds. The second-order valence-electron chi connectivity index (χ2n) is 7.00. The summed E-state index contributed by atoms with van der Waals surface area (Å²) in [5.41, 5.74) is 3.46. The van der Waals surface area contributed by atoms with E-state index in [9.17, 15) is 9.18 Å². The lowest BCUT2D eigenvalue weighted by atomic mass is 9.93. The van der Waals surface area contributed by atoms with Gasteiger partial charge in [0.2, 0.25) is 0 Å². The van der Waals surface area contributed by atoms with Gasteiger partial charge in [0, 0.05) is 40.9 Å². The molecule has 1 saturated heterocycles. The monoisotopic (exact) mass is 388 g/mol. The molecular formula is C20H21FN2OS2. The third-order valence-corrected chi connectivity index (χ3v) is 6.41. The van der Waals surface area contributed by atoms with Crippen molar-refractivity contribution in [3.05, 3.63) is 57.8 Å². The highest BCUT2D eigenvalue weighted by Crippen LogP contribution is 2.39. The van der Waals surface area contributed by atoms with E-state index in [-0.39, 0.29) is 22.8 Å². The van der Waals surface area contributed by atoms with Crippen LogP contribution < -0.4 is 0 Å². The number of halogens is 1. The van der Waals surface area contributed by atoms with E-state index < -0.39 is 6.04 Å². The fourth-order valence-corrected chi connectivity index (χ4v) is 4.41.